The van der Waals surface area contributed by atoms with Gasteiger partial charge in [0.2, 0.25) is 5.95 Å². The Kier molecular flexibility index (Phi) is 8.90. The van der Waals surface area contributed by atoms with Crippen LogP contribution in [0.4, 0.5) is 0 Å². The van der Waals surface area contributed by atoms with Crippen LogP contribution in [0.3, 0.4) is 0 Å². The van der Waals surface area contributed by atoms with E-state index in [1.807, 2.05) is 67.6 Å². The number of nitrogens with zero attached hydrogens (tertiary/aromatic N) is 5. The van der Waals surface area contributed by atoms with Crippen LogP contribution in [0, 0.1) is 0 Å². The summed E-state index contributed by atoms with van der Waals surface area (Å²) in [5.74, 6) is 1.58. The molecule has 0 saturated heterocycles. The fourth-order valence-electron chi connectivity index (χ4n) is 9.81. The first-order chi connectivity index (χ1) is 31.7. The Morgan fingerprint density at radius 3 is 1.88 bits per heavy atom. The average molecular weight is 824 g/mol. The maximum Gasteiger partial charge on any atom is 0.238 e. The lowest BCUT2D eigenvalue weighted by molar-refractivity contribution is 0.574. The molecule has 6 heteroatoms. The van der Waals surface area contributed by atoms with Crippen LogP contribution in [0.2, 0.25) is 0 Å². The van der Waals surface area contributed by atoms with Gasteiger partial charge in [-0.05, 0) is 72.4 Å². The van der Waals surface area contributed by atoms with Gasteiger partial charge < -0.3 is 8.98 Å². The minimum Gasteiger partial charge on any atom is -0.456 e. The highest BCUT2D eigenvalue weighted by Crippen LogP contribution is 2.43. The zero-order valence-corrected chi connectivity index (χ0v) is 35.2. The molecule has 0 saturated carbocycles. The number of para-hydroxylation sites is 3. The second kappa shape index (κ2) is 15.2. The van der Waals surface area contributed by atoms with E-state index >= 15 is 0 Å². The molecule has 0 aliphatic heterocycles. The predicted molar refractivity (Wildman–Crippen MR) is 264 cm³/mol. The molecule has 0 bridgehead atoms. The van der Waals surface area contributed by atoms with Crippen molar-refractivity contribution in [3.63, 3.8) is 0 Å². The number of rotatable bonds is 7. The molecule has 4 aromatic heterocycles. The molecular formula is C58H41N5O. The van der Waals surface area contributed by atoms with Crippen LogP contribution in [0.1, 0.15) is 31.2 Å². The average Bonchev–Trinajstić information content (AvgIpc) is 4.03. The summed E-state index contributed by atoms with van der Waals surface area (Å²) in [5.41, 5.74) is 13.6. The molecule has 6 nitrogen and oxygen atoms in total. The summed E-state index contributed by atoms with van der Waals surface area (Å²) >= 11 is 0. The van der Waals surface area contributed by atoms with E-state index in [1.165, 1.54) is 27.6 Å². The van der Waals surface area contributed by atoms with Crippen molar-refractivity contribution in [3.8, 4) is 28.5 Å². The second-order valence-electron chi connectivity index (χ2n) is 16.2. The van der Waals surface area contributed by atoms with Gasteiger partial charge in [0.15, 0.2) is 11.6 Å². The highest BCUT2D eigenvalue weighted by atomic mass is 16.3. The quantitative estimate of drug-likeness (QED) is 0.161. The molecule has 0 spiro atoms. The first-order valence-corrected chi connectivity index (χ1v) is 21.8. The van der Waals surface area contributed by atoms with Gasteiger partial charge in [0.1, 0.15) is 11.0 Å². The summed E-state index contributed by atoms with van der Waals surface area (Å²) in [6.07, 6.45) is 10.5. The Bertz CT molecular complexity index is 3870. The fourth-order valence-corrected chi connectivity index (χ4v) is 9.81. The molecule has 304 valence electrons. The molecule has 11 aromatic rings. The van der Waals surface area contributed by atoms with Crippen molar-refractivity contribution >= 4 is 77.5 Å². The van der Waals surface area contributed by atoms with Gasteiger partial charge in [-0.3, -0.25) is 4.57 Å². The van der Waals surface area contributed by atoms with Crippen LogP contribution in [0.5, 0.6) is 0 Å². The van der Waals surface area contributed by atoms with Gasteiger partial charge >= 0.3 is 0 Å². The number of fused-ring (bicyclic) bond motifs is 8. The molecule has 64 heavy (non-hydrogen) atoms. The third-order valence-electron chi connectivity index (χ3n) is 12.6. The summed E-state index contributed by atoms with van der Waals surface area (Å²) < 4.78 is 11.1. The number of aromatic nitrogens is 5. The lowest BCUT2D eigenvalue weighted by atomic mass is 9.89. The number of allylic oxidation sites excluding steroid dienone is 5. The smallest absolute Gasteiger partial charge is 0.238 e. The van der Waals surface area contributed by atoms with Gasteiger partial charge in [0, 0.05) is 49.0 Å². The Morgan fingerprint density at radius 2 is 1.17 bits per heavy atom. The lowest BCUT2D eigenvalue weighted by Gasteiger charge is -2.20. The number of benzene rings is 7. The van der Waals surface area contributed by atoms with E-state index in [0.29, 0.717) is 17.6 Å². The molecule has 0 amide bonds. The predicted octanol–water partition coefficient (Wildman–Crippen LogP) is 13.1. The first kappa shape index (κ1) is 37.4. The highest BCUT2D eigenvalue weighted by molar-refractivity contribution is 6.24. The normalized spacial score (nSPS) is 13.9. The van der Waals surface area contributed by atoms with Crippen molar-refractivity contribution in [1.29, 1.82) is 0 Å². The highest BCUT2D eigenvalue weighted by Gasteiger charge is 2.25. The summed E-state index contributed by atoms with van der Waals surface area (Å²) in [4.78, 5) is 16.0. The zero-order chi connectivity index (χ0) is 42.7. The minimum absolute atomic E-state index is 0.506. The van der Waals surface area contributed by atoms with Gasteiger partial charge in [-0.1, -0.05) is 170 Å². The van der Waals surface area contributed by atoms with Gasteiger partial charge in [0.25, 0.3) is 0 Å². The number of hydrogen-bond donors (Lipinski definition) is 0. The van der Waals surface area contributed by atoms with E-state index in [0.717, 1.165) is 89.5 Å². The fraction of sp³-hybridized carbons (Fsp3) is 0.0517. The molecular weight excluding hydrogens is 783 g/mol. The minimum atomic E-state index is 0.506. The summed E-state index contributed by atoms with van der Waals surface area (Å²) in [5, 5.41) is 6.43. The number of furan rings is 1. The van der Waals surface area contributed by atoms with Crippen LogP contribution in [-0.2, 0) is 0 Å². The SMILES string of the molecule is C=C/C(c1nc(-c2ccccc2)nc(-n2c3ccccc3c3ccc4c5ccccc5n(C5=CCCC(c6ccccc6-c6ccccc6)=C5)c4c32)n1)=c1\c(=C/C)oc2ccccc12. The molecule has 12 rings (SSSR count). The molecule has 7 aromatic carbocycles. The Morgan fingerprint density at radius 1 is 0.578 bits per heavy atom. The largest absolute Gasteiger partial charge is 0.456 e. The van der Waals surface area contributed by atoms with E-state index in [-0.39, 0.29) is 0 Å². The Hall–Kier alpha value is -8.35. The van der Waals surface area contributed by atoms with Crippen LogP contribution >= 0.6 is 0 Å². The topological polar surface area (TPSA) is 61.7 Å². The van der Waals surface area contributed by atoms with Crippen molar-refractivity contribution in [3.05, 3.63) is 217 Å². The third-order valence-corrected chi connectivity index (χ3v) is 12.6. The van der Waals surface area contributed by atoms with Crippen molar-refractivity contribution in [2.24, 2.45) is 0 Å². The molecule has 1 aliphatic rings. The van der Waals surface area contributed by atoms with Gasteiger partial charge in [-0.25, -0.2) is 4.98 Å². The van der Waals surface area contributed by atoms with Crippen LogP contribution in [0.25, 0.3) is 106 Å². The molecule has 1 aliphatic carbocycles. The lowest BCUT2D eigenvalue weighted by Crippen LogP contribution is -2.24. The summed E-state index contributed by atoms with van der Waals surface area (Å²) in [6.45, 7) is 6.32. The van der Waals surface area contributed by atoms with E-state index in [4.69, 9.17) is 19.4 Å². The van der Waals surface area contributed by atoms with Crippen LogP contribution < -0.4 is 10.6 Å². The molecule has 0 N–H and O–H groups in total. The third kappa shape index (κ3) is 5.91. The standard InChI is InChI=1S/C58H41N5O/c1-3-41(53-48-30-15-18-33-52(48)64-51(53)4-2)57-59-56(38-22-9-6-10-23-38)60-58(61-57)63-50-32-17-14-29-45(50)47-35-34-46-44-28-13-16-31-49(44)62(54(46)55(47)63)40-25-19-24-39(36-40)43-27-12-11-26-42(43)37-20-7-5-8-21-37/h3-18,20-23,25-36H,1,19,24H2,2H3/b51-4+,53-41+. The van der Waals surface area contributed by atoms with Crippen molar-refractivity contribution in [1.82, 2.24) is 24.1 Å². The van der Waals surface area contributed by atoms with Crippen LogP contribution in [-0.4, -0.2) is 24.1 Å². The van der Waals surface area contributed by atoms with E-state index < -0.39 is 0 Å². The van der Waals surface area contributed by atoms with Crippen molar-refractivity contribution < 1.29 is 4.42 Å². The van der Waals surface area contributed by atoms with E-state index in [1.54, 1.807) is 0 Å². The molecule has 0 fully saturated rings. The zero-order valence-electron chi connectivity index (χ0n) is 35.2. The van der Waals surface area contributed by atoms with Crippen molar-refractivity contribution in [2.45, 2.75) is 19.8 Å². The maximum atomic E-state index is 6.38. The van der Waals surface area contributed by atoms with Crippen LogP contribution in [0.15, 0.2) is 199 Å². The Balaban J connectivity index is 1.18. The second-order valence-corrected chi connectivity index (χ2v) is 16.2. The summed E-state index contributed by atoms with van der Waals surface area (Å²) in [6, 6.07) is 59.6. The van der Waals surface area contributed by atoms with Gasteiger partial charge in [0.05, 0.1) is 22.1 Å². The van der Waals surface area contributed by atoms with E-state index in [9.17, 15) is 0 Å². The van der Waals surface area contributed by atoms with Gasteiger partial charge in [-0.2, -0.15) is 9.97 Å². The first-order valence-electron chi connectivity index (χ1n) is 21.8. The molecule has 4 heterocycles. The molecule has 0 unspecified atom stereocenters. The monoisotopic (exact) mass is 823 g/mol. The maximum absolute atomic E-state index is 6.38. The Labute approximate surface area is 369 Å². The molecule has 0 atom stereocenters. The van der Waals surface area contributed by atoms with Crippen molar-refractivity contribution in [2.75, 3.05) is 0 Å². The summed E-state index contributed by atoms with van der Waals surface area (Å²) in [7, 11) is 0. The van der Waals surface area contributed by atoms with Gasteiger partial charge in [-0.15, -0.1) is 0 Å². The van der Waals surface area contributed by atoms with E-state index in [2.05, 4.69) is 149 Å². The molecule has 0 radical (unpaired) electrons. The number of hydrogen-bond acceptors (Lipinski definition) is 4.